The van der Waals surface area contributed by atoms with Crippen LogP contribution in [0.15, 0.2) is 158 Å². The number of fused-ring (bicyclic) bond motifs is 6. The predicted octanol–water partition coefficient (Wildman–Crippen LogP) is 13.4. The van der Waals surface area contributed by atoms with Crippen molar-refractivity contribution in [3.8, 4) is 51.0 Å². The topological polar surface area (TPSA) is 46.5 Å². The molecule has 0 saturated carbocycles. The monoisotopic (exact) mass is 718 g/mol. The van der Waals surface area contributed by atoms with E-state index in [4.69, 9.17) is 4.98 Å². The number of rotatable bonds is 5. The van der Waals surface area contributed by atoms with Gasteiger partial charge >= 0.3 is 0 Å². The summed E-state index contributed by atoms with van der Waals surface area (Å²) < 4.78 is 4.65. The summed E-state index contributed by atoms with van der Waals surface area (Å²) in [5, 5.41) is 14.8. The fourth-order valence-corrected chi connectivity index (χ4v) is 8.78. The molecule has 0 aliphatic heterocycles. The van der Waals surface area contributed by atoms with E-state index in [2.05, 4.69) is 176 Å². The molecular weight excluding hydrogens is 681 g/mol. The van der Waals surface area contributed by atoms with E-state index in [-0.39, 0.29) is 0 Å². The number of benzene rings is 7. The van der Waals surface area contributed by atoms with Gasteiger partial charge in [0.1, 0.15) is 5.82 Å². The molecule has 0 saturated heterocycles. The van der Waals surface area contributed by atoms with Crippen molar-refractivity contribution in [1.82, 2.24) is 14.1 Å². The maximum atomic E-state index is 10.0. The summed E-state index contributed by atoms with van der Waals surface area (Å²) in [5.41, 5.74) is 17.7. The minimum Gasteiger partial charge on any atom is -0.307 e. The summed E-state index contributed by atoms with van der Waals surface area (Å²) in [4.78, 5) is 5.33. The Morgan fingerprint density at radius 1 is 0.446 bits per heavy atom. The summed E-state index contributed by atoms with van der Waals surface area (Å²) in [6.45, 7) is 8.65. The SMILES string of the molecule is Cc1ccc(-c2ccc3c4ccccc4n(-c4cc(-c5cccc(C#N)c5)c(-n5c6ccccc6c6ccc(-c7ccc(C)cc7C)cc65)cn4)c3c2)c(C)c1. The third kappa shape index (κ3) is 5.32. The smallest absolute Gasteiger partial charge is 0.138 e. The molecule has 4 nitrogen and oxygen atoms in total. The maximum Gasteiger partial charge on any atom is 0.138 e. The lowest BCUT2D eigenvalue weighted by molar-refractivity contribution is 1.06. The second-order valence-corrected chi connectivity index (χ2v) is 15.1. The van der Waals surface area contributed by atoms with E-state index in [0.29, 0.717) is 5.56 Å². The first-order valence-electron chi connectivity index (χ1n) is 19.1. The highest BCUT2D eigenvalue weighted by molar-refractivity contribution is 6.12. The molecule has 266 valence electrons. The number of nitrogens with zero attached hydrogens (tertiary/aromatic N) is 4. The van der Waals surface area contributed by atoms with Gasteiger partial charge in [-0.05, 0) is 109 Å². The molecule has 10 aromatic rings. The van der Waals surface area contributed by atoms with Crippen LogP contribution in [0.5, 0.6) is 0 Å². The molecular formula is C52H38N4. The standard InChI is InChI=1S/C52H38N4/c1-32-16-20-40(34(3)24-32)38-18-22-44-42-12-5-7-14-47(42)55(49(44)27-38)51-31-54-52(29-46(51)37-11-9-10-36(26-37)30-53)56-48-15-8-6-13-43(48)45-23-19-39(28-50(45)56)41-21-17-33(2)25-35(41)4/h5-29,31H,1-4H3. The number of aromatic nitrogens is 3. The van der Waals surface area contributed by atoms with Gasteiger partial charge in [0.2, 0.25) is 0 Å². The van der Waals surface area contributed by atoms with E-state index in [0.717, 1.165) is 44.7 Å². The molecule has 0 atom stereocenters. The third-order valence-electron chi connectivity index (χ3n) is 11.4. The molecule has 3 aromatic heterocycles. The molecule has 10 rings (SSSR count). The van der Waals surface area contributed by atoms with Crippen molar-refractivity contribution in [2.24, 2.45) is 0 Å². The first kappa shape index (κ1) is 33.4. The molecule has 0 amide bonds. The first-order valence-corrected chi connectivity index (χ1v) is 19.1. The number of hydrogen-bond acceptors (Lipinski definition) is 2. The Bertz CT molecular complexity index is 3260. The minimum atomic E-state index is 0.612. The van der Waals surface area contributed by atoms with Crippen LogP contribution in [-0.4, -0.2) is 14.1 Å². The van der Waals surface area contributed by atoms with Crippen LogP contribution in [0.4, 0.5) is 0 Å². The first-order chi connectivity index (χ1) is 27.4. The summed E-state index contributed by atoms with van der Waals surface area (Å²) in [6, 6.07) is 56.6. The van der Waals surface area contributed by atoms with Crippen LogP contribution in [0.25, 0.3) is 88.5 Å². The van der Waals surface area contributed by atoms with E-state index >= 15 is 0 Å². The van der Waals surface area contributed by atoms with Crippen LogP contribution < -0.4 is 0 Å². The summed E-state index contributed by atoms with van der Waals surface area (Å²) in [6.07, 6.45) is 2.02. The molecule has 56 heavy (non-hydrogen) atoms. The minimum absolute atomic E-state index is 0.612. The fourth-order valence-electron chi connectivity index (χ4n) is 8.78. The highest BCUT2D eigenvalue weighted by atomic mass is 15.1. The second-order valence-electron chi connectivity index (χ2n) is 15.1. The zero-order valence-corrected chi connectivity index (χ0v) is 31.8. The van der Waals surface area contributed by atoms with Gasteiger partial charge in [-0.2, -0.15) is 5.26 Å². The molecule has 0 N–H and O–H groups in total. The van der Waals surface area contributed by atoms with Gasteiger partial charge in [0.25, 0.3) is 0 Å². The molecule has 4 heteroatoms. The Kier molecular flexibility index (Phi) is 7.73. The van der Waals surface area contributed by atoms with E-state index in [1.165, 1.54) is 66.1 Å². The van der Waals surface area contributed by atoms with Gasteiger partial charge in [-0.1, -0.05) is 120 Å². The lowest BCUT2D eigenvalue weighted by atomic mass is 9.97. The lowest BCUT2D eigenvalue weighted by Gasteiger charge is -2.17. The van der Waals surface area contributed by atoms with E-state index in [1.807, 2.05) is 24.4 Å². The van der Waals surface area contributed by atoms with Crippen LogP contribution >= 0.6 is 0 Å². The molecule has 0 aliphatic carbocycles. The summed E-state index contributed by atoms with van der Waals surface area (Å²) in [5.74, 6) is 0.812. The van der Waals surface area contributed by atoms with Crippen molar-refractivity contribution >= 4 is 43.6 Å². The van der Waals surface area contributed by atoms with Crippen LogP contribution in [0.3, 0.4) is 0 Å². The van der Waals surface area contributed by atoms with Gasteiger partial charge in [0, 0.05) is 27.1 Å². The van der Waals surface area contributed by atoms with Crippen molar-refractivity contribution in [2.45, 2.75) is 27.7 Å². The van der Waals surface area contributed by atoms with Crippen molar-refractivity contribution in [2.75, 3.05) is 0 Å². The zero-order chi connectivity index (χ0) is 38.1. The average molecular weight is 719 g/mol. The molecule has 0 aliphatic rings. The highest BCUT2D eigenvalue weighted by Crippen LogP contribution is 2.41. The molecule has 0 fully saturated rings. The number of para-hydroxylation sites is 2. The Balaban J connectivity index is 1.26. The van der Waals surface area contributed by atoms with E-state index in [1.54, 1.807) is 0 Å². The van der Waals surface area contributed by atoms with Gasteiger partial charge in [-0.15, -0.1) is 0 Å². The number of nitriles is 1. The van der Waals surface area contributed by atoms with Gasteiger partial charge in [-0.25, -0.2) is 4.98 Å². The van der Waals surface area contributed by atoms with Crippen molar-refractivity contribution < 1.29 is 0 Å². The summed E-state index contributed by atoms with van der Waals surface area (Å²) >= 11 is 0. The molecule has 0 radical (unpaired) electrons. The van der Waals surface area contributed by atoms with Crippen LogP contribution in [0, 0.1) is 39.0 Å². The average Bonchev–Trinajstić information content (AvgIpc) is 3.72. The molecule has 0 unspecified atom stereocenters. The zero-order valence-electron chi connectivity index (χ0n) is 31.8. The van der Waals surface area contributed by atoms with Crippen molar-refractivity contribution in [3.05, 3.63) is 186 Å². The lowest BCUT2D eigenvalue weighted by Crippen LogP contribution is -2.03. The second kappa shape index (κ2) is 13.0. The Labute approximate surface area is 326 Å². The van der Waals surface area contributed by atoms with Gasteiger partial charge in [0.05, 0.1) is 45.6 Å². The Morgan fingerprint density at radius 2 is 0.982 bits per heavy atom. The van der Waals surface area contributed by atoms with E-state index in [9.17, 15) is 5.26 Å². The fraction of sp³-hybridized carbons (Fsp3) is 0.0769. The Hall–Kier alpha value is -7.22. The summed E-state index contributed by atoms with van der Waals surface area (Å²) in [7, 11) is 0. The molecule has 7 aromatic carbocycles. The van der Waals surface area contributed by atoms with Gasteiger partial charge in [-0.3, -0.25) is 4.57 Å². The van der Waals surface area contributed by atoms with Gasteiger partial charge in [0.15, 0.2) is 0 Å². The van der Waals surface area contributed by atoms with Crippen LogP contribution in [-0.2, 0) is 0 Å². The molecule has 3 heterocycles. The molecule has 0 spiro atoms. The van der Waals surface area contributed by atoms with Crippen molar-refractivity contribution in [3.63, 3.8) is 0 Å². The normalized spacial score (nSPS) is 11.6. The quantitative estimate of drug-likeness (QED) is 0.178. The maximum absolute atomic E-state index is 10.0. The number of pyridine rings is 1. The highest BCUT2D eigenvalue weighted by Gasteiger charge is 2.21. The van der Waals surface area contributed by atoms with E-state index < -0.39 is 0 Å². The predicted molar refractivity (Wildman–Crippen MR) is 233 cm³/mol. The third-order valence-corrected chi connectivity index (χ3v) is 11.4. The number of hydrogen-bond donors (Lipinski definition) is 0. The van der Waals surface area contributed by atoms with Crippen LogP contribution in [0.1, 0.15) is 27.8 Å². The largest absolute Gasteiger partial charge is 0.307 e. The van der Waals surface area contributed by atoms with Gasteiger partial charge < -0.3 is 4.57 Å². The van der Waals surface area contributed by atoms with Crippen LogP contribution in [0.2, 0.25) is 0 Å². The molecule has 0 bridgehead atoms. The Morgan fingerprint density at radius 3 is 1.57 bits per heavy atom. The van der Waals surface area contributed by atoms with Crippen molar-refractivity contribution in [1.29, 1.82) is 5.26 Å². The number of aryl methyl sites for hydroxylation is 4.